The first-order valence-corrected chi connectivity index (χ1v) is 6.33. The van der Waals surface area contributed by atoms with Crippen LogP contribution in [-0.2, 0) is 14.3 Å². The summed E-state index contributed by atoms with van der Waals surface area (Å²) in [7, 11) is 1.59. The number of hydrogen-bond donors (Lipinski definition) is 0. The zero-order chi connectivity index (χ0) is 13.9. The third kappa shape index (κ3) is 3.70. The second-order valence-electron chi connectivity index (χ2n) is 5.56. The highest BCUT2D eigenvalue weighted by Crippen LogP contribution is 2.24. The van der Waals surface area contributed by atoms with Crippen molar-refractivity contribution >= 4 is 11.9 Å². The highest BCUT2D eigenvalue weighted by atomic mass is 16.6. The summed E-state index contributed by atoms with van der Waals surface area (Å²) in [6.07, 6.45) is 0.454. The summed E-state index contributed by atoms with van der Waals surface area (Å²) in [5, 5.41) is 0. The second kappa shape index (κ2) is 5.69. The van der Waals surface area contributed by atoms with Crippen LogP contribution in [0.2, 0.25) is 0 Å². The highest BCUT2D eigenvalue weighted by Gasteiger charge is 2.40. The molecule has 0 aromatic heterocycles. The Hall–Kier alpha value is -1.10. The van der Waals surface area contributed by atoms with Crippen molar-refractivity contribution in [3.8, 4) is 0 Å². The van der Waals surface area contributed by atoms with Crippen molar-refractivity contribution in [1.29, 1.82) is 0 Å². The maximum absolute atomic E-state index is 12.0. The number of methoxy groups -OCH3 is 1. The molecule has 0 aliphatic carbocycles. The van der Waals surface area contributed by atoms with Crippen LogP contribution in [0.1, 0.15) is 40.5 Å². The summed E-state index contributed by atoms with van der Waals surface area (Å²) in [4.78, 5) is 25.4. The quantitative estimate of drug-likeness (QED) is 0.776. The largest absolute Gasteiger partial charge is 0.444 e. The lowest BCUT2D eigenvalue weighted by Gasteiger charge is -2.27. The first-order chi connectivity index (χ1) is 8.28. The molecule has 104 valence electrons. The van der Waals surface area contributed by atoms with Gasteiger partial charge in [0.2, 0.25) is 0 Å². The number of ether oxygens (including phenoxy) is 2. The number of hydrogen-bond acceptors (Lipinski definition) is 4. The number of Topliss-reactive ketones (excluding diaryl/α,β-unsaturated/α-hetero) is 1. The SMILES string of the molecule is CCC(=O)[C@@H]1C[C@@H](OC)CN1C(=O)OC(C)(C)C. The van der Waals surface area contributed by atoms with Gasteiger partial charge >= 0.3 is 6.09 Å². The lowest BCUT2D eigenvalue weighted by atomic mass is 10.1. The van der Waals surface area contributed by atoms with Crippen LogP contribution in [0.25, 0.3) is 0 Å². The number of carbonyl (C=O) groups is 2. The van der Waals surface area contributed by atoms with Gasteiger partial charge in [0.1, 0.15) is 5.60 Å². The normalized spacial score (nSPS) is 24.2. The second-order valence-corrected chi connectivity index (χ2v) is 5.56. The zero-order valence-corrected chi connectivity index (χ0v) is 11.9. The molecule has 0 saturated carbocycles. The third-order valence-corrected chi connectivity index (χ3v) is 2.94. The van der Waals surface area contributed by atoms with Gasteiger partial charge in [-0.1, -0.05) is 6.92 Å². The monoisotopic (exact) mass is 257 g/mol. The number of rotatable bonds is 3. The maximum atomic E-state index is 12.0. The fourth-order valence-electron chi connectivity index (χ4n) is 2.03. The molecule has 1 heterocycles. The average Bonchev–Trinajstić information content (AvgIpc) is 2.69. The minimum absolute atomic E-state index is 0.0559. The van der Waals surface area contributed by atoms with Crippen molar-refractivity contribution in [2.45, 2.75) is 58.3 Å². The van der Waals surface area contributed by atoms with E-state index in [9.17, 15) is 9.59 Å². The van der Waals surface area contributed by atoms with Crippen molar-refractivity contribution in [2.24, 2.45) is 0 Å². The Bertz CT molecular complexity index is 321. The van der Waals surface area contributed by atoms with Crippen LogP contribution < -0.4 is 0 Å². The van der Waals surface area contributed by atoms with Crippen LogP contribution in [0.4, 0.5) is 4.79 Å². The molecule has 0 aromatic carbocycles. The molecular weight excluding hydrogens is 234 g/mol. The standard InChI is InChI=1S/C13H23NO4/c1-6-11(15)10-7-9(17-5)8-14(10)12(16)18-13(2,3)4/h9-10H,6-8H2,1-5H3/t9-,10+/m1/s1. The predicted octanol–water partition coefficient (Wildman–Crippen LogP) is 1.99. The Labute approximate surface area is 108 Å². The molecule has 1 aliphatic rings. The summed E-state index contributed by atoms with van der Waals surface area (Å²) in [5.41, 5.74) is -0.554. The van der Waals surface area contributed by atoms with E-state index in [0.29, 0.717) is 19.4 Å². The van der Waals surface area contributed by atoms with Crippen LogP contribution in [0.5, 0.6) is 0 Å². The predicted molar refractivity (Wildman–Crippen MR) is 67.4 cm³/mol. The Balaban J connectivity index is 2.77. The summed E-state index contributed by atoms with van der Waals surface area (Å²) in [6.45, 7) is 7.65. The van der Waals surface area contributed by atoms with Crippen molar-refractivity contribution in [2.75, 3.05) is 13.7 Å². The number of likely N-dealkylation sites (tertiary alicyclic amines) is 1. The lowest BCUT2D eigenvalue weighted by molar-refractivity contribution is -0.123. The molecule has 0 N–H and O–H groups in total. The van der Waals surface area contributed by atoms with Crippen LogP contribution in [0, 0.1) is 0 Å². The summed E-state index contributed by atoms with van der Waals surface area (Å²) in [6, 6.07) is -0.408. The van der Waals surface area contributed by atoms with E-state index in [-0.39, 0.29) is 11.9 Å². The lowest BCUT2D eigenvalue weighted by Crippen LogP contribution is -2.43. The van der Waals surface area contributed by atoms with Crippen LogP contribution >= 0.6 is 0 Å². The fraction of sp³-hybridized carbons (Fsp3) is 0.846. The molecule has 1 fully saturated rings. The first-order valence-electron chi connectivity index (χ1n) is 6.33. The highest BCUT2D eigenvalue weighted by molar-refractivity contribution is 5.87. The van der Waals surface area contributed by atoms with Crippen molar-refractivity contribution < 1.29 is 19.1 Å². The molecule has 5 heteroatoms. The van der Waals surface area contributed by atoms with Crippen LogP contribution in [-0.4, -0.2) is 48.2 Å². The van der Waals surface area contributed by atoms with Gasteiger partial charge in [0.25, 0.3) is 0 Å². The molecular formula is C13H23NO4. The molecule has 0 radical (unpaired) electrons. The molecule has 0 unspecified atom stereocenters. The third-order valence-electron chi connectivity index (χ3n) is 2.94. The van der Waals surface area contributed by atoms with Gasteiger partial charge in [-0.05, 0) is 20.8 Å². The average molecular weight is 257 g/mol. The summed E-state index contributed by atoms with van der Waals surface area (Å²) >= 11 is 0. The zero-order valence-electron chi connectivity index (χ0n) is 11.9. The van der Waals surface area contributed by atoms with Gasteiger partial charge < -0.3 is 9.47 Å². The minimum atomic E-state index is -0.554. The van der Waals surface area contributed by atoms with E-state index >= 15 is 0 Å². The molecule has 1 saturated heterocycles. The van der Waals surface area contributed by atoms with Gasteiger partial charge in [-0.3, -0.25) is 9.69 Å². The topological polar surface area (TPSA) is 55.8 Å². The maximum Gasteiger partial charge on any atom is 0.410 e. The van der Waals surface area contributed by atoms with Crippen molar-refractivity contribution in [1.82, 2.24) is 4.90 Å². The number of carbonyl (C=O) groups excluding carboxylic acids is 2. The molecule has 5 nitrogen and oxygen atoms in total. The van der Waals surface area contributed by atoms with Gasteiger partial charge in [0.05, 0.1) is 18.7 Å². The van der Waals surface area contributed by atoms with E-state index in [0.717, 1.165) is 0 Å². The molecule has 1 amide bonds. The van der Waals surface area contributed by atoms with Crippen LogP contribution in [0.3, 0.4) is 0 Å². The summed E-state index contributed by atoms with van der Waals surface area (Å²) < 4.78 is 10.6. The van der Waals surface area contributed by atoms with Crippen LogP contribution in [0.15, 0.2) is 0 Å². The smallest absolute Gasteiger partial charge is 0.410 e. The summed E-state index contributed by atoms with van der Waals surface area (Å²) in [5.74, 6) is 0.0559. The van der Waals surface area contributed by atoms with Crippen molar-refractivity contribution in [3.05, 3.63) is 0 Å². The van der Waals surface area contributed by atoms with Gasteiger partial charge in [-0.25, -0.2) is 4.79 Å². The van der Waals surface area contributed by atoms with E-state index in [1.807, 2.05) is 20.8 Å². The Morgan fingerprint density at radius 3 is 2.39 bits per heavy atom. The van der Waals surface area contributed by atoms with E-state index in [2.05, 4.69) is 0 Å². The number of ketones is 1. The van der Waals surface area contributed by atoms with E-state index < -0.39 is 17.7 Å². The van der Waals surface area contributed by atoms with E-state index in [1.165, 1.54) is 4.90 Å². The fourth-order valence-corrected chi connectivity index (χ4v) is 2.03. The Morgan fingerprint density at radius 1 is 1.33 bits per heavy atom. The van der Waals surface area contributed by atoms with Gasteiger partial charge in [0.15, 0.2) is 5.78 Å². The van der Waals surface area contributed by atoms with Gasteiger partial charge in [0, 0.05) is 20.0 Å². The van der Waals surface area contributed by atoms with E-state index in [4.69, 9.17) is 9.47 Å². The van der Waals surface area contributed by atoms with E-state index in [1.54, 1.807) is 14.0 Å². The molecule has 0 aromatic rings. The van der Waals surface area contributed by atoms with Gasteiger partial charge in [-0.2, -0.15) is 0 Å². The molecule has 18 heavy (non-hydrogen) atoms. The first kappa shape index (κ1) is 15.0. The Kier molecular flexibility index (Phi) is 4.73. The Morgan fingerprint density at radius 2 is 1.94 bits per heavy atom. The molecule has 2 atom stereocenters. The number of nitrogens with zero attached hydrogens (tertiary/aromatic N) is 1. The van der Waals surface area contributed by atoms with Gasteiger partial charge in [-0.15, -0.1) is 0 Å². The minimum Gasteiger partial charge on any atom is -0.444 e. The molecule has 0 bridgehead atoms. The molecule has 0 spiro atoms. The molecule has 1 aliphatic heterocycles. The molecule has 1 rings (SSSR count). The number of amides is 1. The van der Waals surface area contributed by atoms with Crippen molar-refractivity contribution in [3.63, 3.8) is 0 Å².